The number of carboxylic acids is 1. The van der Waals surface area contributed by atoms with Crippen LogP contribution in [0.3, 0.4) is 0 Å². The van der Waals surface area contributed by atoms with Gasteiger partial charge in [0.2, 0.25) is 0 Å². The van der Waals surface area contributed by atoms with E-state index in [1.807, 2.05) is 0 Å². The number of hydrogen-bond donors (Lipinski definition) is 2. The Bertz CT molecular complexity index is 200. The minimum atomic E-state index is -1.02. The van der Waals surface area contributed by atoms with Gasteiger partial charge in [-0.2, -0.15) is 0 Å². The molecule has 0 saturated heterocycles. The van der Waals surface area contributed by atoms with Crippen molar-refractivity contribution in [3.8, 4) is 0 Å². The van der Waals surface area contributed by atoms with Crippen LogP contribution in [0.5, 0.6) is 0 Å². The highest BCUT2D eigenvalue weighted by molar-refractivity contribution is 5.89. The van der Waals surface area contributed by atoms with Gasteiger partial charge in [0, 0.05) is 12.6 Å². The number of carboxylic acid groups (broad SMARTS) is 1. The molecule has 11 heavy (non-hydrogen) atoms. The molecule has 0 aliphatic carbocycles. The summed E-state index contributed by atoms with van der Waals surface area (Å²) in [5.41, 5.74) is 5.24. The number of nitrogens with zero attached hydrogens (tertiary/aromatic N) is 2. The van der Waals surface area contributed by atoms with Crippen LogP contribution < -0.4 is 5.73 Å². The van der Waals surface area contributed by atoms with Crippen molar-refractivity contribution >= 4 is 18.5 Å². The van der Waals surface area contributed by atoms with E-state index in [2.05, 4.69) is 9.98 Å². The van der Waals surface area contributed by atoms with Crippen LogP contribution in [0.15, 0.2) is 9.98 Å². The van der Waals surface area contributed by atoms with E-state index in [1.165, 1.54) is 12.6 Å². The van der Waals surface area contributed by atoms with E-state index < -0.39 is 12.0 Å². The van der Waals surface area contributed by atoms with Gasteiger partial charge >= 0.3 is 5.97 Å². The maximum Gasteiger partial charge on any atom is 0.320 e. The van der Waals surface area contributed by atoms with Gasteiger partial charge in [-0.3, -0.25) is 9.79 Å². The minimum Gasteiger partial charge on any atom is -0.480 e. The van der Waals surface area contributed by atoms with E-state index in [9.17, 15) is 4.79 Å². The summed E-state index contributed by atoms with van der Waals surface area (Å²) in [6.45, 7) is 0. The average Bonchev–Trinajstić information content (AvgIpc) is 2.39. The highest BCUT2D eigenvalue weighted by Gasteiger charge is 2.18. The van der Waals surface area contributed by atoms with Crippen LogP contribution in [-0.2, 0) is 4.79 Å². The molecule has 0 unspecified atom stereocenters. The largest absolute Gasteiger partial charge is 0.480 e. The summed E-state index contributed by atoms with van der Waals surface area (Å²) < 4.78 is 0. The van der Waals surface area contributed by atoms with Gasteiger partial charge in [0.25, 0.3) is 0 Å². The molecule has 0 fully saturated rings. The molecule has 1 atom stereocenters. The topological polar surface area (TPSA) is 88.0 Å². The first-order valence-electron chi connectivity index (χ1n) is 3.10. The summed E-state index contributed by atoms with van der Waals surface area (Å²) in [4.78, 5) is 17.7. The molecule has 5 nitrogen and oxygen atoms in total. The molecule has 0 aromatic rings. The number of rotatable bonds is 3. The molecule has 59 valence electrons. The Balaban J connectivity index is 2.36. The Morgan fingerprint density at radius 1 is 1.82 bits per heavy atom. The van der Waals surface area contributed by atoms with Crippen molar-refractivity contribution in [2.24, 2.45) is 15.7 Å². The van der Waals surface area contributed by atoms with E-state index in [-0.39, 0.29) is 6.42 Å². The molecule has 3 N–H and O–H groups in total. The van der Waals surface area contributed by atoms with Crippen molar-refractivity contribution < 1.29 is 9.90 Å². The van der Waals surface area contributed by atoms with Crippen LogP contribution in [0.4, 0.5) is 0 Å². The Kier molecular flexibility index (Phi) is 2.32. The van der Waals surface area contributed by atoms with Gasteiger partial charge in [-0.1, -0.05) is 0 Å². The SMILES string of the molecule is N[C@@H](C[C]1C=NC=N1)C(=O)O. The Morgan fingerprint density at radius 2 is 2.55 bits per heavy atom. The van der Waals surface area contributed by atoms with Crippen LogP contribution >= 0.6 is 0 Å². The lowest BCUT2D eigenvalue weighted by Gasteiger charge is -2.05. The molecular weight excluding hydrogens is 146 g/mol. The molecule has 1 aliphatic heterocycles. The normalized spacial score (nSPS) is 19.0. The average molecular weight is 154 g/mol. The van der Waals surface area contributed by atoms with Gasteiger partial charge in [0.15, 0.2) is 0 Å². The quantitative estimate of drug-likeness (QED) is 0.570. The second-order valence-electron chi connectivity index (χ2n) is 2.16. The molecule has 5 heteroatoms. The van der Waals surface area contributed by atoms with E-state index in [4.69, 9.17) is 10.8 Å². The van der Waals surface area contributed by atoms with Gasteiger partial charge in [-0.15, -0.1) is 0 Å². The molecule has 1 rings (SSSR count). The lowest BCUT2D eigenvalue weighted by molar-refractivity contribution is -0.138. The summed E-state index contributed by atoms with van der Waals surface area (Å²) in [7, 11) is 0. The molecule has 1 heterocycles. The highest BCUT2D eigenvalue weighted by Crippen LogP contribution is 2.10. The lowest BCUT2D eigenvalue weighted by Crippen LogP contribution is -2.31. The zero-order valence-electron chi connectivity index (χ0n) is 5.77. The molecule has 0 aromatic carbocycles. The Hall–Kier alpha value is -1.23. The number of hydrogen-bond acceptors (Lipinski definition) is 4. The number of nitrogens with two attached hydrogens (primary N) is 1. The molecule has 0 saturated carbocycles. The van der Waals surface area contributed by atoms with Crippen molar-refractivity contribution in [3.05, 3.63) is 6.04 Å². The molecule has 0 aromatic heterocycles. The van der Waals surface area contributed by atoms with E-state index in [1.54, 1.807) is 0 Å². The Labute approximate surface area is 63.6 Å². The Morgan fingerprint density at radius 3 is 3.00 bits per heavy atom. The monoisotopic (exact) mass is 154 g/mol. The van der Waals surface area contributed by atoms with Crippen molar-refractivity contribution in [2.75, 3.05) is 0 Å². The van der Waals surface area contributed by atoms with Crippen LogP contribution in [0.1, 0.15) is 6.42 Å². The van der Waals surface area contributed by atoms with Crippen molar-refractivity contribution in [1.82, 2.24) is 0 Å². The third-order valence-corrected chi connectivity index (χ3v) is 1.26. The second kappa shape index (κ2) is 3.25. The zero-order valence-corrected chi connectivity index (χ0v) is 5.77. The van der Waals surface area contributed by atoms with E-state index in [0.29, 0.717) is 6.04 Å². The van der Waals surface area contributed by atoms with Crippen molar-refractivity contribution in [3.63, 3.8) is 0 Å². The van der Waals surface area contributed by atoms with E-state index in [0.717, 1.165) is 0 Å². The molecular formula is C6H8N3O2. The fourth-order valence-corrected chi connectivity index (χ4v) is 0.678. The summed E-state index contributed by atoms with van der Waals surface area (Å²) in [6, 6.07) is -0.272. The van der Waals surface area contributed by atoms with E-state index >= 15 is 0 Å². The van der Waals surface area contributed by atoms with Crippen LogP contribution in [0, 0.1) is 6.04 Å². The fraction of sp³-hybridized carbons (Fsp3) is 0.333. The first-order valence-corrected chi connectivity index (χ1v) is 3.10. The smallest absolute Gasteiger partial charge is 0.320 e. The van der Waals surface area contributed by atoms with Gasteiger partial charge < -0.3 is 10.8 Å². The zero-order chi connectivity index (χ0) is 8.27. The van der Waals surface area contributed by atoms with Gasteiger partial charge in [-0.25, -0.2) is 4.99 Å². The molecule has 0 bridgehead atoms. The first-order chi connectivity index (χ1) is 5.20. The van der Waals surface area contributed by atoms with Crippen LogP contribution in [0.25, 0.3) is 0 Å². The summed E-state index contributed by atoms with van der Waals surface area (Å²) in [5, 5.41) is 8.41. The number of aliphatic imine (C=N–C) groups is 2. The molecule has 1 aliphatic rings. The predicted octanol–water partition coefficient (Wildman–Crippen LogP) is -0.567. The van der Waals surface area contributed by atoms with Crippen molar-refractivity contribution in [1.29, 1.82) is 0 Å². The predicted molar refractivity (Wildman–Crippen MR) is 40.5 cm³/mol. The highest BCUT2D eigenvalue weighted by atomic mass is 16.4. The van der Waals surface area contributed by atoms with Gasteiger partial charge in [0.1, 0.15) is 18.4 Å². The number of aliphatic carboxylic acids is 1. The van der Waals surface area contributed by atoms with Crippen LogP contribution in [0.2, 0.25) is 0 Å². The standard InChI is InChI=1S/C6H8N3O2/c7-5(6(10)11)1-4-2-8-3-9-4/h2-3,5H,1,7H2,(H,10,11)/t5-/m0/s1. The molecule has 1 radical (unpaired) electrons. The second-order valence-corrected chi connectivity index (χ2v) is 2.16. The fourth-order valence-electron chi connectivity index (χ4n) is 0.678. The summed E-state index contributed by atoms with van der Waals surface area (Å²) in [6.07, 6.45) is 3.10. The molecule has 0 spiro atoms. The summed E-state index contributed by atoms with van der Waals surface area (Å²) in [5.74, 6) is -1.02. The van der Waals surface area contributed by atoms with Crippen molar-refractivity contribution in [2.45, 2.75) is 12.5 Å². The van der Waals surface area contributed by atoms with Gasteiger partial charge in [-0.05, 0) is 0 Å². The molecule has 0 amide bonds. The first kappa shape index (κ1) is 7.87. The number of carbonyl (C=O) groups is 1. The minimum absolute atomic E-state index is 0.231. The lowest BCUT2D eigenvalue weighted by atomic mass is 10.1. The van der Waals surface area contributed by atoms with Crippen LogP contribution in [-0.4, -0.2) is 29.7 Å². The third-order valence-electron chi connectivity index (χ3n) is 1.26. The summed E-state index contributed by atoms with van der Waals surface area (Å²) >= 11 is 0. The van der Waals surface area contributed by atoms with Gasteiger partial charge in [0.05, 0.1) is 0 Å². The maximum absolute atomic E-state index is 10.3. The maximum atomic E-state index is 10.3. The third kappa shape index (κ3) is 2.12.